The second-order valence-electron chi connectivity index (χ2n) is 5.92. The topological polar surface area (TPSA) is 73.1 Å². The highest BCUT2D eigenvalue weighted by atomic mass is 16.4. The zero-order valence-corrected chi connectivity index (χ0v) is 13.4. The van der Waals surface area contributed by atoms with Crippen LogP contribution in [-0.2, 0) is 4.79 Å². The van der Waals surface area contributed by atoms with Crippen LogP contribution < -0.4 is 0 Å². The van der Waals surface area contributed by atoms with Gasteiger partial charge in [-0.05, 0) is 13.3 Å². The second-order valence-corrected chi connectivity index (χ2v) is 5.92. The number of aliphatic carboxylic acids is 1. The Bertz CT molecular complexity index is 342. The summed E-state index contributed by atoms with van der Waals surface area (Å²) >= 11 is 0. The average molecular weight is 298 g/mol. The van der Waals surface area contributed by atoms with Crippen molar-refractivity contribution in [1.29, 1.82) is 0 Å². The van der Waals surface area contributed by atoms with E-state index in [2.05, 4.69) is 11.9 Å². The van der Waals surface area contributed by atoms with Gasteiger partial charge < -0.3 is 15.1 Å². The van der Waals surface area contributed by atoms with Gasteiger partial charge in [-0.1, -0.05) is 45.4 Å². The largest absolute Gasteiger partial charge is 0.481 e. The van der Waals surface area contributed by atoms with Crippen molar-refractivity contribution in [1.82, 2.24) is 4.90 Å². The van der Waals surface area contributed by atoms with Gasteiger partial charge in [0.15, 0.2) is 0 Å². The molecule has 0 amide bonds. The lowest BCUT2D eigenvalue weighted by atomic mass is 10.0. The fourth-order valence-electron chi connectivity index (χ4n) is 2.95. The van der Waals surface area contributed by atoms with E-state index in [4.69, 9.17) is 5.11 Å². The predicted molar refractivity (Wildman–Crippen MR) is 84.7 cm³/mol. The molecule has 2 unspecified atom stereocenters. The third-order valence-electron chi connectivity index (χ3n) is 4.02. The molecule has 1 rings (SSSR count). The van der Waals surface area contributed by atoms with Gasteiger partial charge >= 0.3 is 5.97 Å². The van der Waals surface area contributed by atoms with Crippen LogP contribution in [-0.4, -0.2) is 52.2 Å². The van der Waals surface area contributed by atoms with Crippen molar-refractivity contribution >= 4 is 11.8 Å². The highest BCUT2D eigenvalue weighted by molar-refractivity contribution is 5.88. The summed E-state index contributed by atoms with van der Waals surface area (Å²) in [5.74, 6) is -0.116. The monoisotopic (exact) mass is 298 g/mol. The number of aliphatic imine (C=N–C) groups is 1. The normalized spacial score (nSPS) is 17.7. The SMILES string of the molecule is CCCCCCCCC(CC(=O)O)N1CCN=C1C(C)O. The first-order valence-corrected chi connectivity index (χ1v) is 8.27. The van der Waals surface area contributed by atoms with E-state index < -0.39 is 12.1 Å². The maximum absolute atomic E-state index is 11.1. The smallest absolute Gasteiger partial charge is 0.305 e. The summed E-state index contributed by atoms with van der Waals surface area (Å²) in [6.45, 7) is 5.29. The molecule has 0 aromatic heterocycles. The molecule has 0 aromatic carbocycles. The number of hydrogen-bond donors (Lipinski definition) is 2. The van der Waals surface area contributed by atoms with Crippen molar-refractivity contribution in [2.75, 3.05) is 13.1 Å². The number of hydrogen-bond acceptors (Lipinski definition) is 4. The first-order chi connectivity index (χ1) is 10.1. The molecule has 0 aromatic rings. The van der Waals surface area contributed by atoms with Crippen molar-refractivity contribution in [3.63, 3.8) is 0 Å². The zero-order valence-electron chi connectivity index (χ0n) is 13.4. The number of aliphatic hydroxyl groups is 1. The van der Waals surface area contributed by atoms with Gasteiger partial charge in [0, 0.05) is 12.6 Å². The fraction of sp³-hybridized carbons (Fsp3) is 0.875. The third-order valence-corrected chi connectivity index (χ3v) is 4.02. The van der Waals surface area contributed by atoms with Crippen LogP contribution in [0.4, 0.5) is 0 Å². The molecule has 122 valence electrons. The molecule has 0 saturated carbocycles. The van der Waals surface area contributed by atoms with Gasteiger partial charge in [-0.3, -0.25) is 9.79 Å². The number of aliphatic hydroxyl groups excluding tert-OH is 1. The first-order valence-electron chi connectivity index (χ1n) is 8.27. The van der Waals surface area contributed by atoms with E-state index in [0.717, 1.165) is 25.8 Å². The Balaban J connectivity index is 2.44. The quantitative estimate of drug-likeness (QED) is 0.575. The van der Waals surface area contributed by atoms with Gasteiger partial charge in [-0.25, -0.2) is 0 Å². The minimum Gasteiger partial charge on any atom is -0.481 e. The molecule has 5 nitrogen and oxygen atoms in total. The van der Waals surface area contributed by atoms with E-state index >= 15 is 0 Å². The molecular formula is C16H30N2O3. The zero-order chi connectivity index (χ0) is 15.7. The molecule has 1 aliphatic rings. The minimum atomic E-state index is -0.775. The van der Waals surface area contributed by atoms with Crippen molar-refractivity contribution in [2.45, 2.75) is 77.4 Å². The fourth-order valence-corrected chi connectivity index (χ4v) is 2.95. The lowest BCUT2D eigenvalue weighted by Crippen LogP contribution is -2.43. The minimum absolute atomic E-state index is 0.0375. The average Bonchev–Trinajstić information content (AvgIpc) is 2.90. The Morgan fingerprint density at radius 2 is 1.95 bits per heavy atom. The summed E-state index contributed by atoms with van der Waals surface area (Å²) < 4.78 is 0. The van der Waals surface area contributed by atoms with Gasteiger partial charge in [0.05, 0.1) is 13.0 Å². The molecular weight excluding hydrogens is 268 g/mol. The van der Waals surface area contributed by atoms with Crippen LogP contribution in [0.1, 0.15) is 65.2 Å². The molecule has 0 radical (unpaired) electrons. The van der Waals surface area contributed by atoms with Crippen molar-refractivity contribution in [3.05, 3.63) is 0 Å². The molecule has 1 aliphatic heterocycles. The van der Waals surface area contributed by atoms with Gasteiger partial charge in [0.25, 0.3) is 0 Å². The van der Waals surface area contributed by atoms with Crippen LogP contribution in [0.15, 0.2) is 4.99 Å². The van der Waals surface area contributed by atoms with Crippen molar-refractivity contribution in [2.24, 2.45) is 4.99 Å². The molecule has 0 spiro atoms. The van der Waals surface area contributed by atoms with Crippen LogP contribution >= 0.6 is 0 Å². The van der Waals surface area contributed by atoms with Crippen LogP contribution in [0.2, 0.25) is 0 Å². The summed E-state index contributed by atoms with van der Waals surface area (Å²) in [5.41, 5.74) is 0. The number of unbranched alkanes of at least 4 members (excludes halogenated alkanes) is 5. The standard InChI is InChI=1S/C16H30N2O3/c1-3-4-5-6-7-8-9-14(12-15(20)21)18-11-10-17-16(18)13(2)19/h13-14,19H,3-12H2,1-2H3,(H,20,21). The van der Waals surface area contributed by atoms with E-state index in [1.165, 1.54) is 25.7 Å². The van der Waals surface area contributed by atoms with Crippen LogP contribution in [0.5, 0.6) is 0 Å². The van der Waals surface area contributed by atoms with E-state index in [-0.39, 0.29) is 12.5 Å². The molecule has 0 bridgehead atoms. The molecule has 21 heavy (non-hydrogen) atoms. The van der Waals surface area contributed by atoms with Gasteiger partial charge in [-0.15, -0.1) is 0 Å². The van der Waals surface area contributed by atoms with E-state index in [1.807, 2.05) is 4.90 Å². The lowest BCUT2D eigenvalue weighted by molar-refractivity contribution is -0.138. The third kappa shape index (κ3) is 6.46. The van der Waals surface area contributed by atoms with E-state index in [1.54, 1.807) is 6.92 Å². The maximum Gasteiger partial charge on any atom is 0.305 e. The number of carboxylic acids is 1. The second kappa shape index (κ2) is 9.77. The maximum atomic E-state index is 11.1. The number of nitrogens with zero attached hydrogens (tertiary/aromatic N) is 2. The molecule has 0 fully saturated rings. The van der Waals surface area contributed by atoms with Gasteiger partial charge in [-0.2, -0.15) is 0 Å². The molecule has 5 heteroatoms. The number of carboxylic acid groups (broad SMARTS) is 1. The number of rotatable bonds is 11. The van der Waals surface area contributed by atoms with Gasteiger partial charge in [0.2, 0.25) is 0 Å². The van der Waals surface area contributed by atoms with Crippen LogP contribution in [0.3, 0.4) is 0 Å². The number of amidine groups is 1. The molecule has 0 aliphatic carbocycles. The van der Waals surface area contributed by atoms with Crippen molar-refractivity contribution < 1.29 is 15.0 Å². The summed E-state index contributed by atoms with van der Waals surface area (Å²) in [4.78, 5) is 17.4. The van der Waals surface area contributed by atoms with Crippen LogP contribution in [0.25, 0.3) is 0 Å². The van der Waals surface area contributed by atoms with E-state index in [9.17, 15) is 9.90 Å². The lowest BCUT2D eigenvalue weighted by Gasteiger charge is -2.31. The van der Waals surface area contributed by atoms with Gasteiger partial charge in [0.1, 0.15) is 11.9 Å². The summed E-state index contributed by atoms with van der Waals surface area (Å²) in [6, 6.07) is -0.0375. The first kappa shape index (κ1) is 18.0. The van der Waals surface area contributed by atoms with Crippen molar-refractivity contribution in [3.8, 4) is 0 Å². The molecule has 0 saturated heterocycles. The molecule has 2 N–H and O–H groups in total. The Morgan fingerprint density at radius 3 is 2.57 bits per heavy atom. The highest BCUT2D eigenvalue weighted by Crippen LogP contribution is 2.19. The Morgan fingerprint density at radius 1 is 1.29 bits per heavy atom. The Hall–Kier alpha value is -1.10. The Labute approximate surface area is 128 Å². The summed E-state index contributed by atoms with van der Waals surface area (Å²) in [5, 5.41) is 18.9. The van der Waals surface area contributed by atoms with E-state index in [0.29, 0.717) is 12.4 Å². The predicted octanol–water partition coefficient (Wildman–Crippen LogP) is 2.68. The molecule has 2 atom stereocenters. The highest BCUT2D eigenvalue weighted by Gasteiger charge is 2.28. The summed E-state index contributed by atoms with van der Waals surface area (Å²) in [6.07, 6.45) is 7.59. The Kier molecular flexibility index (Phi) is 8.35. The summed E-state index contributed by atoms with van der Waals surface area (Å²) in [7, 11) is 0. The van der Waals surface area contributed by atoms with Crippen LogP contribution in [0, 0.1) is 0 Å². The molecule has 1 heterocycles. The number of carbonyl (C=O) groups is 1.